The van der Waals surface area contributed by atoms with Crippen LogP contribution >= 0.6 is 12.2 Å². The molecule has 0 aliphatic carbocycles. The Hall–Kier alpha value is -1.17. The Kier molecular flexibility index (Phi) is 6.77. The Bertz CT molecular complexity index is 358. The molecular weight excluding hydrogens is 262 g/mol. The molecule has 5 nitrogen and oxygen atoms in total. The molecule has 1 saturated heterocycles. The van der Waals surface area contributed by atoms with E-state index in [2.05, 4.69) is 29.7 Å². The van der Waals surface area contributed by atoms with Crippen molar-refractivity contribution in [3.8, 4) is 0 Å². The molecule has 0 amide bonds. The Morgan fingerprint density at radius 2 is 2.32 bits per heavy atom. The van der Waals surface area contributed by atoms with Crippen LogP contribution in [0.25, 0.3) is 0 Å². The van der Waals surface area contributed by atoms with Crippen molar-refractivity contribution in [1.82, 2.24) is 5.43 Å². The van der Waals surface area contributed by atoms with Crippen LogP contribution < -0.4 is 11.2 Å². The van der Waals surface area contributed by atoms with Gasteiger partial charge >= 0.3 is 5.97 Å². The third-order valence-electron chi connectivity index (χ3n) is 3.19. The summed E-state index contributed by atoms with van der Waals surface area (Å²) in [6.07, 6.45) is 5.94. The number of carbonyl (C=O) groups excluding carboxylic acids is 1. The van der Waals surface area contributed by atoms with Gasteiger partial charge < -0.3 is 10.5 Å². The summed E-state index contributed by atoms with van der Waals surface area (Å²) in [4.78, 5) is 11.7. The smallest absolute Gasteiger partial charge is 0.309 e. The van der Waals surface area contributed by atoms with Gasteiger partial charge in [0, 0.05) is 12.1 Å². The lowest BCUT2D eigenvalue weighted by Gasteiger charge is -2.07. The van der Waals surface area contributed by atoms with Crippen LogP contribution in [0.15, 0.2) is 5.10 Å². The van der Waals surface area contributed by atoms with Gasteiger partial charge in [-0.2, -0.15) is 5.10 Å². The van der Waals surface area contributed by atoms with E-state index >= 15 is 0 Å². The molecule has 1 aliphatic rings. The first kappa shape index (κ1) is 15.9. The lowest BCUT2D eigenvalue weighted by atomic mass is 9.97. The van der Waals surface area contributed by atoms with Crippen molar-refractivity contribution in [1.29, 1.82) is 0 Å². The van der Waals surface area contributed by atoms with Crippen LogP contribution in [-0.2, 0) is 9.53 Å². The Morgan fingerprint density at radius 1 is 1.58 bits per heavy atom. The number of nitrogens with one attached hydrogen (secondary N) is 1. The fourth-order valence-electron chi connectivity index (χ4n) is 2.24. The number of unbranched alkanes of at least 4 members (excludes halogenated alkanes) is 2. The minimum atomic E-state index is -0.105. The van der Waals surface area contributed by atoms with Gasteiger partial charge in [0.2, 0.25) is 0 Å². The number of nitrogens with two attached hydrogens (primary N) is 1. The number of esters is 1. The van der Waals surface area contributed by atoms with Gasteiger partial charge in [-0.3, -0.25) is 10.2 Å². The van der Waals surface area contributed by atoms with Crippen LogP contribution in [0.2, 0.25) is 0 Å². The maximum absolute atomic E-state index is 11.7. The van der Waals surface area contributed by atoms with E-state index in [9.17, 15) is 4.79 Å². The van der Waals surface area contributed by atoms with Gasteiger partial charge in [0.15, 0.2) is 5.11 Å². The summed E-state index contributed by atoms with van der Waals surface area (Å²) < 4.78 is 5.38. The molecule has 0 aromatic carbocycles. The molecule has 19 heavy (non-hydrogen) atoms. The second-order valence-electron chi connectivity index (χ2n) is 5.01. The van der Waals surface area contributed by atoms with E-state index in [1.807, 2.05) is 6.92 Å². The summed E-state index contributed by atoms with van der Waals surface area (Å²) in [6, 6.07) is 0. The van der Waals surface area contributed by atoms with Crippen molar-refractivity contribution in [2.24, 2.45) is 16.8 Å². The number of hydrogen-bond acceptors (Lipinski definition) is 4. The van der Waals surface area contributed by atoms with Gasteiger partial charge in [-0.15, -0.1) is 0 Å². The van der Waals surface area contributed by atoms with Gasteiger partial charge in [-0.1, -0.05) is 19.8 Å². The number of cyclic esters (lactones) is 1. The fraction of sp³-hybridized carbons (Fsp3) is 0.769. The topological polar surface area (TPSA) is 76.7 Å². The van der Waals surface area contributed by atoms with Crippen LogP contribution in [0.4, 0.5) is 0 Å². The fourth-order valence-corrected chi connectivity index (χ4v) is 2.29. The van der Waals surface area contributed by atoms with E-state index in [1.165, 1.54) is 12.8 Å². The third-order valence-corrected chi connectivity index (χ3v) is 3.28. The Balaban J connectivity index is 2.36. The summed E-state index contributed by atoms with van der Waals surface area (Å²) in [6.45, 7) is 4.02. The normalized spacial score (nSPS) is 23.3. The van der Waals surface area contributed by atoms with Crippen molar-refractivity contribution in [2.75, 3.05) is 0 Å². The number of nitrogens with zero attached hydrogens (tertiary/aromatic N) is 1. The van der Waals surface area contributed by atoms with Crippen LogP contribution in [0.3, 0.4) is 0 Å². The van der Waals surface area contributed by atoms with Crippen molar-refractivity contribution in [3.05, 3.63) is 0 Å². The highest BCUT2D eigenvalue weighted by Crippen LogP contribution is 2.27. The van der Waals surface area contributed by atoms with Crippen molar-refractivity contribution in [2.45, 2.75) is 58.5 Å². The monoisotopic (exact) mass is 285 g/mol. The van der Waals surface area contributed by atoms with Crippen LogP contribution in [0, 0.1) is 5.92 Å². The van der Waals surface area contributed by atoms with Crippen molar-refractivity contribution >= 4 is 29.0 Å². The quantitative estimate of drug-likeness (QED) is 0.246. The summed E-state index contributed by atoms with van der Waals surface area (Å²) in [5, 5.41) is 4.15. The lowest BCUT2D eigenvalue weighted by Crippen LogP contribution is -2.25. The largest absolute Gasteiger partial charge is 0.462 e. The average molecular weight is 285 g/mol. The van der Waals surface area contributed by atoms with Gasteiger partial charge in [0.25, 0.3) is 0 Å². The molecule has 0 saturated carbocycles. The zero-order valence-corrected chi connectivity index (χ0v) is 12.5. The van der Waals surface area contributed by atoms with Crippen LogP contribution in [-0.4, -0.2) is 22.9 Å². The SMILES string of the molecule is CCCCC[C@@H]1C[C@H](C/C(C)=N/NC(N)=S)C(=O)O1. The molecule has 0 spiro atoms. The minimum Gasteiger partial charge on any atom is -0.462 e. The highest BCUT2D eigenvalue weighted by molar-refractivity contribution is 7.80. The van der Waals surface area contributed by atoms with E-state index in [0.717, 1.165) is 25.0 Å². The molecule has 1 heterocycles. The maximum atomic E-state index is 11.7. The molecule has 0 radical (unpaired) electrons. The van der Waals surface area contributed by atoms with Crippen LogP contribution in [0.1, 0.15) is 52.4 Å². The number of hydrazone groups is 1. The second kappa shape index (κ2) is 8.09. The molecular formula is C13H23N3O2S. The molecule has 1 fully saturated rings. The number of carbonyl (C=O) groups is 1. The molecule has 3 N–H and O–H groups in total. The molecule has 0 unspecified atom stereocenters. The zero-order chi connectivity index (χ0) is 14.3. The number of rotatable bonds is 7. The van der Waals surface area contributed by atoms with E-state index in [1.54, 1.807) is 0 Å². The molecule has 108 valence electrons. The third kappa shape index (κ3) is 6.00. The molecule has 2 atom stereocenters. The summed E-state index contributed by atoms with van der Waals surface area (Å²) in [7, 11) is 0. The van der Waals surface area contributed by atoms with Gasteiger partial charge in [0.05, 0.1) is 5.92 Å². The number of hydrogen-bond donors (Lipinski definition) is 2. The summed E-state index contributed by atoms with van der Waals surface area (Å²) >= 11 is 4.67. The van der Waals surface area contributed by atoms with Gasteiger partial charge in [0.1, 0.15) is 6.10 Å². The van der Waals surface area contributed by atoms with Crippen molar-refractivity contribution < 1.29 is 9.53 Å². The molecule has 0 bridgehead atoms. The molecule has 0 aromatic heterocycles. The van der Waals surface area contributed by atoms with E-state index in [4.69, 9.17) is 10.5 Å². The van der Waals surface area contributed by atoms with Crippen LogP contribution in [0.5, 0.6) is 0 Å². The minimum absolute atomic E-state index is 0.0801. The molecule has 0 aromatic rings. The zero-order valence-electron chi connectivity index (χ0n) is 11.6. The first-order valence-corrected chi connectivity index (χ1v) is 7.22. The van der Waals surface area contributed by atoms with E-state index in [-0.39, 0.29) is 23.1 Å². The van der Waals surface area contributed by atoms with Gasteiger partial charge in [-0.05, 0) is 38.4 Å². The highest BCUT2D eigenvalue weighted by atomic mass is 32.1. The number of thiocarbonyl (C=S) groups is 1. The summed E-state index contributed by atoms with van der Waals surface area (Å²) in [5.74, 6) is -0.185. The van der Waals surface area contributed by atoms with E-state index < -0.39 is 0 Å². The Labute approximate surface area is 120 Å². The lowest BCUT2D eigenvalue weighted by molar-refractivity contribution is -0.144. The number of ether oxygens (including phenoxy) is 1. The predicted octanol–water partition coefficient (Wildman–Crippen LogP) is 2.10. The first-order valence-electron chi connectivity index (χ1n) is 6.82. The second-order valence-corrected chi connectivity index (χ2v) is 5.45. The molecule has 6 heteroatoms. The summed E-state index contributed by atoms with van der Waals surface area (Å²) in [5.41, 5.74) is 8.63. The first-order chi connectivity index (χ1) is 9.02. The standard InChI is InChI=1S/C13H23N3O2S/c1-3-4-5-6-11-8-10(12(17)18-11)7-9(2)15-16-13(14)19/h10-11H,3-8H2,1-2H3,(H3,14,16,19)/b15-9+/t10-,11+/m0/s1. The predicted molar refractivity (Wildman–Crippen MR) is 79.8 cm³/mol. The highest BCUT2D eigenvalue weighted by Gasteiger charge is 2.34. The molecule has 1 aliphatic heterocycles. The molecule has 1 rings (SSSR count). The van der Waals surface area contributed by atoms with Crippen molar-refractivity contribution in [3.63, 3.8) is 0 Å². The Morgan fingerprint density at radius 3 is 2.95 bits per heavy atom. The average Bonchev–Trinajstić information content (AvgIpc) is 2.68. The maximum Gasteiger partial charge on any atom is 0.309 e. The van der Waals surface area contributed by atoms with Gasteiger partial charge in [-0.25, -0.2) is 0 Å². The van der Waals surface area contributed by atoms with E-state index in [0.29, 0.717) is 6.42 Å².